The van der Waals surface area contributed by atoms with E-state index in [2.05, 4.69) is 25.8 Å². The first-order valence-corrected chi connectivity index (χ1v) is 17.9. The number of amides is 1. The van der Waals surface area contributed by atoms with Crippen molar-refractivity contribution in [3.8, 4) is 28.3 Å². The fraction of sp³-hybridized carbons (Fsp3) is 0.306. The fourth-order valence-electron chi connectivity index (χ4n) is 6.47. The van der Waals surface area contributed by atoms with Crippen molar-refractivity contribution in [1.29, 1.82) is 0 Å². The molecule has 4 N–H and O–H groups in total. The van der Waals surface area contributed by atoms with Crippen molar-refractivity contribution in [3.63, 3.8) is 0 Å². The van der Waals surface area contributed by atoms with E-state index in [1.165, 1.54) is 0 Å². The van der Waals surface area contributed by atoms with Gasteiger partial charge in [-0.2, -0.15) is 0 Å². The van der Waals surface area contributed by atoms with Crippen LogP contribution >= 0.6 is 34.5 Å². The number of hydrogen-bond acceptors (Lipinski definition) is 10. The highest BCUT2D eigenvalue weighted by Gasteiger charge is 2.28. The highest BCUT2D eigenvalue weighted by Crippen LogP contribution is 2.42. The number of carbonyl (C=O) groups excluding carboxylic acids is 1. The van der Waals surface area contributed by atoms with Crippen molar-refractivity contribution >= 4 is 68.1 Å². The van der Waals surface area contributed by atoms with Gasteiger partial charge in [0, 0.05) is 60.5 Å². The Morgan fingerprint density at radius 3 is 2.62 bits per heavy atom. The van der Waals surface area contributed by atoms with Gasteiger partial charge in [-0.1, -0.05) is 59.6 Å². The number of carbonyl (C=O) groups is 2. The maximum absolute atomic E-state index is 11.5. The van der Waals surface area contributed by atoms with Gasteiger partial charge in [0.25, 0.3) is 0 Å². The summed E-state index contributed by atoms with van der Waals surface area (Å²) in [5.41, 5.74) is 5.16. The number of rotatable bonds is 12. The lowest BCUT2D eigenvalue weighted by Gasteiger charge is -2.16. The standard InChI is InChI=1S/C36H35Cl2N7O4S/c1-49-35-20(16-39-17-22-9-11-29(46)41-22)8-10-26(43-35)25-6-2-4-23(31(25)37)24-5-3-7-27(32(24)38)42-34-33-28(12-14-40-34)50-30(44-33)19-45-15-13-21(18-45)36(47)48/h2-8,10,12,14,21-22,39H,9,11,13,15-19H2,1H3,(H,40,42)(H,41,46)(H,47,48)/t21-,22-/m0/s1. The summed E-state index contributed by atoms with van der Waals surface area (Å²) in [6.07, 6.45) is 3.78. The molecule has 14 heteroatoms. The number of nitrogens with zero attached hydrogens (tertiary/aromatic N) is 4. The van der Waals surface area contributed by atoms with Gasteiger partial charge in [-0.15, -0.1) is 11.3 Å². The minimum atomic E-state index is -0.747. The van der Waals surface area contributed by atoms with Crippen LogP contribution in [0.15, 0.2) is 60.8 Å². The van der Waals surface area contributed by atoms with E-state index in [9.17, 15) is 14.7 Å². The van der Waals surface area contributed by atoms with Gasteiger partial charge in [0.15, 0.2) is 5.82 Å². The van der Waals surface area contributed by atoms with Crippen molar-refractivity contribution in [2.45, 2.75) is 38.4 Å². The van der Waals surface area contributed by atoms with Gasteiger partial charge < -0.3 is 25.8 Å². The summed E-state index contributed by atoms with van der Waals surface area (Å²) >= 11 is 15.7. The molecular formula is C36H35Cl2N7O4S. The van der Waals surface area contributed by atoms with Crippen molar-refractivity contribution in [3.05, 3.63) is 81.4 Å². The Labute approximate surface area is 303 Å². The molecule has 2 saturated heterocycles. The Hall–Kier alpha value is -4.33. The van der Waals surface area contributed by atoms with E-state index < -0.39 is 5.97 Å². The molecule has 5 heterocycles. The third-order valence-corrected chi connectivity index (χ3v) is 10.9. The van der Waals surface area contributed by atoms with E-state index in [-0.39, 0.29) is 17.9 Å². The lowest BCUT2D eigenvalue weighted by Crippen LogP contribution is -2.35. The number of aliphatic carboxylic acids is 1. The molecular weight excluding hydrogens is 697 g/mol. The summed E-state index contributed by atoms with van der Waals surface area (Å²) in [4.78, 5) is 39.3. The largest absolute Gasteiger partial charge is 0.481 e. The molecule has 2 aliphatic heterocycles. The zero-order valence-corrected chi connectivity index (χ0v) is 29.5. The van der Waals surface area contributed by atoms with Crippen molar-refractivity contribution in [2.24, 2.45) is 5.92 Å². The molecule has 0 saturated carbocycles. The van der Waals surface area contributed by atoms with Crippen molar-refractivity contribution < 1.29 is 19.4 Å². The molecule has 0 radical (unpaired) electrons. The second kappa shape index (κ2) is 14.9. The lowest BCUT2D eigenvalue weighted by molar-refractivity contribution is -0.141. The van der Waals surface area contributed by atoms with E-state index >= 15 is 0 Å². The molecule has 2 aliphatic rings. The number of carboxylic acid groups (broad SMARTS) is 1. The minimum Gasteiger partial charge on any atom is -0.481 e. The minimum absolute atomic E-state index is 0.0942. The van der Waals surface area contributed by atoms with E-state index in [0.29, 0.717) is 72.1 Å². The first kappa shape index (κ1) is 34.1. The molecule has 0 aliphatic carbocycles. The van der Waals surface area contributed by atoms with Crippen LogP contribution in [0.1, 0.15) is 29.8 Å². The number of carboxylic acids is 1. The summed E-state index contributed by atoms with van der Waals surface area (Å²) in [5.74, 6) is 0.0824. The Morgan fingerprint density at radius 2 is 1.86 bits per heavy atom. The average Bonchev–Trinajstić information content (AvgIpc) is 3.86. The number of ether oxygens (including phenoxy) is 1. The van der Waals surface area contributed by atoms with Crippen LogP contribution in [-0.2, 0) is 22.7 Å². The number of hydrogen-bond donors (Lipinski definition) is 4. The van der Waals surface area contributed by atoms with E-state index in [4.69, 9.17) is 37.9 Å². The second-order valence-corrected chi connectivity index (χ2v) is 14.3. The Morgan fingerprint density at radius 1 is 1.06 bits per heavy atom. The number of aromatic nitrogens is 3. The number of methoxy groups -OCH3 is 1. The van der Waals surface area contributed by atoms with Gasteiger partial charge in [-0.05, 0) is 37.6 Å². The van der Waals surface area contributed by atoms with Crippen LogP contribution in [0.3, 0.4) is 0 Å². The van der Waals surface area contributed by atoms with Crippen LogP contribution in [0.2, 0.25) is 10.0 Å². The lowest BCUT2D eigenvalue weighted by atomic mass is 10.00. The van der Waals surface area contributed by atoms with Crippen LogP contribution in [-0.4, -0.2) is 69.6 Å². The smallest absolute Gasteiger partial charge is 0.307 e. The van der Waals surface area contributed by atoms with Crippen LogP contribution < -0.4 is 20.7 Å². The molecule has 2 atom stereocenters. The van der Waals surface area contributed by atoms with E-state index in [1.807, 2.05) is 54.6 Å². The normalized spacial score (nSPS) is 17.7. The van der Waals surface area contributed by atoms with Gasteiger partial charge in [-0.3, -0.25) is 14.5 Å². The van der Waals surface area contributed by atoms with E-state index in [0.717, 1.165) is 50.4 Å². The Balaban J connectivity index is 1.10. The zero-order chi connectivity index (χ0) is 34.8. The molecule has 2 aromatic carbocycles. The number of anilines is 2. The molecule has 0 unspecified atom stereocenters. The number of likely N-dealkylation sites (tertiary alicyclic amines) is 1. The number of nitrogens with one attached hydrogen (secondary N) is 3. The molecule has 5 aromatic rings. The van der Waals surface area contributed by atoms with E-state index in [1.54, 1.807) is 24.6 Å². The van der Waals surface area contributed by atoms with Gasteiger partial charge in [0.1, 0.15) is 10.5 Å². The van der Waals surface area contributed by atoms with Gasteiger partial charge >= 0.3 is 5.97 Å². The van der Waals surface area contributed by atoms with Gasteiger partial charge in [0.2, 0.25) is 11.8 Å². The van der Waals surface area contributed by atoms with Crippen LogP contribution in [0.25, 0.3) is 32.6 Å². The summed E-state index contributed by atoms with van der Waals surface area (Å²) in [6, 6.07) is 17.4. The monoisotopic (exact) mass is 731 g/mol. The number of benzene rings is 2. The molecule has 0 bridgehead atoms. The number of pyridine rings is 2. The predicted octanol–water partition coefficient (Wildman–Crippen LogP) is 6.75. The third-order valence-electron chi connectivity index (χ3n) is 9.07. The molecule has 2 fully saturated rings. The second-order valence-electron chi connectivity index (χ2n) is 12.4. The maximum Gasteiger partial charge on any atom is 0.307 e. The quantitative estimate of drug-likeness (QED) is 0.109. The molecule has 11 nitrogen and oxygen atoms in total. The van der Waals surface area contributed by atoms with Crippen LogP contribution in [0.4, 0.5) is 11.5 Å². The molecule has 0 spiro atoms. The topological polar surface area (TPSA) is 142 Å². The highest BCUT2D eigenvalue weighted by atomic mass is 35.5. The molecule has 7 rings (SSSR count). The predicted molar refractivity (Wildman–Crippen MR) is 196 cm³/mol. The average molecular weight is 733 g/mol. The van der Waals surface area contributed by atoms with Crippen LogP contribution in [0.5, 0.6) is 5.88 Å². The van der Waals surface area contributed by atoms with Gasteiger partial charge in [-0.25, -0.2) is 15.0 Å². The molecule has 50 heavy (non-hydrogen) atoms. The maximum atomic E-state index is 11.5. The highest BCUT2D eigenvalue weighted by molar-refractivity contribution is 7.18. The molecule has 258 valence electrons. The molecule has 1 amide bonds. The van der Waals surface area contributed by atoms with Crippen LogP contribution in [0, 0.1) is 5.92 Å². The summed E-state index contributed by atoms with van der Waals surface area (Å²) in [7, 11) is 1.59. The number of fused-ring (bicyclic) bond motifs is 1. The van der Waals surface area contributed by atoms with Crippen molar-refractivity contribution in [2.75, 3.05) is 32.1 Å². The number of halogens is 2. The molecule has 3 aromatic heterocycles. The Bertz CT molecular complexity index is 2080. The zero-order valence-electron chi connectivity index (χ0n) is 27.2. The third kappa shape index (κ3) is 7.26. The summed E-state index contributed by atoms with van der Waals surface area (Å²) < 4.78 is 6.62. The first-order chi connectivity index (χ1) is 24.3. The van der Waals surface area contributed by atoms with Gasteiger partial charge in [0.05, 0.1) is 45.7 Å². The summed E-state index contributed by atoms with van der Waals surface area (Å²) in [6.45, 7) is 3.07. The summed E-state index contributed by atoms with van der Waals surface area (Å²) in [5, 5.41) is 21.0. The van der Waals surface area contributed by atoms with Crippen molar-refractivity contribution in [1.82, 2.24) is 30.5 Å². The number of thiazole rings is 1. The SMILES string of the molecule is COc1nc(-c2cccc(-c3cccc(Nc4nccc5sc(CN6CC[C@H](C(=O)O)C6)nc45)c3Cl)c2Cl)ccc1CNC[C@@H]1CCC(=O)N1. The first-order valence-electron chi connectivity index (χ1n) is 16.4. The Kier molecular flexibility index (Phi) is 10.2. The fourth-order valence-corrected chi connectivity index (χ4v) is 8.08.